The maximum Gasteiger partial charge on any atom is 0.417 e. The minimum absolute atomic E-state index is 0.0177. The molecule has 1 aromatic rings. The second-order valence-corrected chi connectivity index (χ2v) is 7.22. The van der Waals surface area contributed by atoms with E-state index in [4.69, 9.17) is 9.47 Å². The van der Waals surface area contributed by atoms with Crippen molar-refractivity contribution in [1.82, 2.24) is 10.2 Å². The van der Waals surface area contributed by atoms with E-state index < -0.39 is 41.7 Å². The molecular weight excluding hydrogens is 368 g/mol. The summed E-state index contributed by atoms with van der Waals surface area (Å²) < 4.78 is 14.9. The Labute approximate surface area is 162 Å². The Morgan fingerprint density at radius 1 is 1.18 bits per heavy atom. The molecule has 2 atom stereocenters. The minimum atomic E-state index is -1.19. The molecule has 1 fully saturated rings. The molecule has 0 unspecified atom stereocenters. The largest absolute Gasteiger partial charge is 0.467 e. The fourth-order valence-electron chi connectivity index (χ4n) is 2.64. The Kier molecular flexibility index (Phi) is 6.61. The number of nitrogens with zero attached hydrogens (tertiary/aromatic N) is 1. The second-order valence-electron chi connectivity index (χ2n) is 7.22. The predicted molar refractivity (Wildman–Crippen MR) is 97.1 cm³/mol. The molecule has 28 heavy (non-hydrogen) atoms. The molecule has 1 saturated heterocycles. The van der Waals surface area contributed by atoms with Gasteiger partial charge in [0.25, 0.3) is 5.91 Å². The molecule has 2 rings (SSSR count). The van der Waals surface area contributed by atoms with Crippen LogP contribution in [0.4, 0.5) is 9.59 Å². The van der Waals surface area contributed by atoms with Crippen molar-refractivity contribution in [2.45, 2.75) is 51.5 Å². The molecule has 1 aromatic carbocycles. The molecular formula is C19H24N2O7. The first-order valence-electron chi connectivity index (χ1n) is 8.73. The summed E-state index contributed by atoms with van der Waals surface area (Å²) in [5.41, 5.74) is -0.0868. The van der Waals surface area contributed by atoms with Crippen LogP contribution in [0.1, 0.15) is 32.8 Å². The normalized spacial score (nSPS) is 19.1. The highest BCUT2D eigenvalue weighted by Gasteiger charge is 2.49. The highest BCUT2D eigenvalue weighted by Crippen LogP contribution is 2.24. The zero-order valence-electron chi connectivity index (χ0n) is 16.3. The topological polar surface area (TPSA) is 111 Å². The summed E-state index contributed by atoms with van der Waals surface area (Å²) >= 11 is 0. The number of likely N-dealkylation sites (tertiary alicyclic amines) is 1. The van der Waals surface area contributed by atoms with Crippen LogP contribution in [0.25, 0.3) is 0 Å². The molecule has 1 N–H and O–H groups in total. The van der Waals surface area contributed by atoms with Crippen LogP contribution in [0.3, 0.4) is 0 Å². The molecule has 9 nitrogen and oxygen atoms in total. The van der Waals surface area contributed by atoms with Crippen molar-refractivity contribution in [2.75, 3.05) is 7.11 Å². The molecule has 0 radical (unpaired) electrons. The van der Waals surface area contributed by atoms with Crippen molar-refractivity contribution in [1.29, 1.82) is 0 Å². The summed E-state index contributed by atoms with van der Waals surface area (Å²) in [5.74, 6) is -1.54. The van der Waals surface area contributed by atoms with Gasteiger partial charge < -0.3 is 19.5 Å². The summed E-state index contributed by atoms with van der Waals surface area (Å²) in [5, 5.41) is 2.39. The number of imide groups is 1. The first-order chi connectivity index (χ1) is 13.1. The van der Waals surface area contributed by atoms with Crippen LogP contribution < -0.4 is 5.32 Å². The highest BCUT2D eigenvalue weighted by molar-refractivity contribution is 6.03. The Morgan fingerprint density at radius 3 is 2.39 bits per heavy atom. The number of amides is 3. The van der Waals surface area contributed by atoms with Crippen LogP contribution in [0.5, 0.6) is 0 Å². The quantitative estimate of drug-likeness (QED) is 0.616. The highest BCUT2D eigenvalue weighted by atomic mass is 16.6. The molecule has 3 amide bonds. The van der Waals surface area contributed by atoms with Crippen molar-refractivity contribution in [3.63, 3.8) is 0 Å². The molecule has 152 valence electrons. The number of benzene rings is 1. The van der Waals surface area contributed by atoms with E-state index in [1.165, 1.54) is 0 Å². The van der Waals surface area contributed by atoms with Crippen LogP contribution in [-0.2, 0) is 30.4 Å². The number of carbonyl (C=O) groups excluding carboxylic acids is 4. The van der Waals surface area contributed by atoms with Gasteiger partial charge in [0.1, 0.15) is 24.3 Å². The molecule has 1 aliphatic heterocycles. The van der Waals surface area contributed by atoms with Crippen LogP contribution in [0.2, 0.25) is 0 Å². The van der Waals surface area contributed by atoms with Crippen molar-refractivity contribution in [3.05, 3.63) is 35.9 Å². The lowest BCUT2D eigenvalue weighted by molar-refractivity contribution is -0.148. The van der Waals surface area contributed by atoms with E-state index in [1.54, 1.807) is 45.0 Å². The van der Waals surface area contributed by atoms with E-state index in [0.717, 1.165) is 12.7 Å². The fourth-order valence-corrected chi connectivity index (χ4v) is 2.64. The van der Waals surface area contributed by atoms with Gasteiger partial charge in [-0.2, -0.15) is 0 Å². The lowest BCUT2D eigenvalue weighted by Crippen LogP contribution is -2.48. The summed E-state index contributed by atoms with van der Waals surface area (Å²) in [6, 6.07) is 6.70. The van der Waals surface area contributed by atoms with Crippen LogP contribution in [0, 0.1) is 0 Å². The van der Waals surface area contributed by atoms with E-state index in [9.17, 15) is 19.2 Å². The number of esters is 1. The van der Waals surface area contributed by atoms with Crippen molar-refractivity contribution < 1.29 is 33.4 Å². The Bertz CT molecular complexity index is 742. The number of methoxy groups -OCH3 is 1. The van der Waals surface area contributed by atoms with Crippen molar-refractivity contribution >= 4 is 24.1 Å². The average Bonchev–Trinajstić information content (AvgIpc) is 2.95. The predicted octanol–water partition coefficient (Wildman–Crippen LogP) is 1.99. The van der Waals surface area contributed by atoms with Crippen molar-refractivity contribution in [3.8, 4) is 0 Å². The number of hydrogen-bond acceptors (Lipinski definition) is 7. The minimum Gasteiger partial charge on any atom is -0.467 e. The average molecular weight is 392 g/mol. The van der Waals surface area contributed by atoms with E-state index in [1.807, 2.05) is 6.07 Å². The second kappa shape index (κ2) is 8.73. The molecule has 0 bridgehead atoms. The number of ether oxygens (including phenoxy) is 3. The lowest BCUT2D eigenvalue weighted by Gasteiger charge is -2.26. The third kappa shape index (κ3) is 5.45. The molecule has 0 aliphatic carbocycles. The van der Waals surface area contributed by atoms with Gasteiger partial charge in [0.05, 0.1) is 7.11 Å². The Balaban J connectivity index is 2.04. The first-order valence-corrected chi connectivity index (χ1v) is 8.73. The van der Waals surface area contributed by atoms with Crippen LogP contribution >= 0.6 is 0 Å². The van der Waals surface area contributed by atoms with Gasteiger partial charge in [0, 0.05) is 6.42 Å². The van der Waals surface area contributed by atoms with Gasteiger partial charge >= 0.3 is 18.2 Å². The molecule has 0 spiro atoms. The summed E-state index contributed by atoms with van der Waals surface area (Å²) in [6.45, 7) is 4.92. The summed E-state index contributed by atoms with van der Waals surface area (Å²) in [4.78, 5) is 49.7. The molecule has 9 heteroatoms. The molecule has 1 aliphatic rings. The van der Waals surface area contributed by atoms with Gasteiger partial charge in [-0.15, -0.1) is 0 Å². The SMILES string of the molecule is COC(=O)[C@@H]1C[C@H](NC(=O)OCc2ccccc2)C(=O)N1C(=O)OC(C)(C)C. The number of carbonyl (C=O) groups is 4. The zero-order chi connectivity index (χ0) is 20.9. The lowest BCUT2D eigenvalue weighted by atomic mass is 10.1. The molecule has 1 heterocycles. The smallest absolute Gasteiger partial charge is 0.417 e. The van der Waals surface area contributed by atoms with Crippen LogP contribution in [-0.4, -0.2) is 53.8 Å². The number of rotatable bonds is 4. The molecule has 0 saturated carbocycles. The standard InChI is InChI=1S/C19H24N2O7/c1-19(2,3)28-18(25)21-14(16(23)26-4)10-13(15(21)22)20-17(24)27-11-12-8-6-5-7-9-12/h5-9,13-14H,10-11H2,1-4H3,(H,20,24)/t13-,14-/m0/s1. The number of nitrogens with one attached hydrogen (secondary N) is 1. The van der Waals surface area contributed by atoms with Gasteiger partial charge in [-0.05, 0) is 26.3 Å². The van der Waals surface area contributed by atoms with E-state index in [-0.39, 0.29) is 13.0 Å². The van der Waals surface area contributed by atoms with E-state index in [0.29, 0.717) is 4.90 Å². The summed E-state index contributed by atoms with van der Waals surface area (Å²) in [6.07, 6.45) is -1.95. The number of alkyl carbamates (subject to hydrolysis) is 1. The fraction of sp³-hybridized carbons (Fsp3) is 0.474. The van der Waals surface area contributed by atoms with E-state index >= 15 is 0 Å². The van der Waals surface area contributed by atoms with Gasteiger partial charge in [0.2, 0.25) is 0 Å². The van der Waals surface area contributed by atoms with Gasteiger partial charge in [-0.25, -0.2) is 19.3 Å². The summed E-state index contributed by atoms with van der Waals surface area (Å²) in [7, 11) is 1.15. The Morgan fingerprint density at radius 2 is 1.82 bits per heavy atom. The first kappa shape index (κ1) is 21.2. The maximum atomic E-state index is 12.6. The maximum absolute atomic E-state index is 12.6. The van der Waals surface area contributed by atoms with Crippen LogP contribution in [0.15, 0.2) is 30.3 Å². The van der Waals surface area contributed by atoms with Crippen molar-refractivity contribution in [2.24, 2.45) is 0 Å². The monoisotopic (exact) mass is 392 g/mol. The van der Waals surface area contributed by atoms with E-state index in [2.05, 4.69) is 10.1 Å². The van der Waals surface area contributed by atoms with Gasteiger partial charge in [-0.3, -0.25) is 4.79 Å². The third-order valence-electron chi connectivity index (χ3n) is 3.87. The Hall–Kier alpha value is -3.10. The molecule has 0 aromatic heterocycles. The third-order valence-corrected chi connectivity index (χ3v) is 3.87. The van der Waals surface area contributed by atoms with Gasteiger partial charge in [-0.1, -0.05) is 30.3 Å². The number of hydrogen-bond donors (Lipinski definition) is 1. The van der Waals surface area contributed by atoms with Gasteiger partial charge in [0.15, 0.2) is 0 Å². The zero-order valence-corrected chi connectivity index (χ0v) is 16.3.